The van der Waals surface area contributed by atoms with Crippen LogP contribution in [0.4, 0.5) is 0 Å². The fourth-order valence-corrected chi connectivity index (χ4v) is 9.52. The number of hydrogen-bond donors (Lipinski definition) is 0. The zero-order valence-electron chi connectivity index (χ0n) is 33.7. The minimum absolute atomic E-state index is 0.202. The molecule has 0 spiro atoms. The van der Waals surface area contributed by atoms with Crippen LogP contribution in [-0.2, 0) is 5.41 Å². The molecule has 1 heteroatoms. The van der Waals surface area contributed by atoms with Gasteiger partial charge in [-0.15, -0.1) is 0 Å². The maximum Gasteiger partial charge on any atom is 0.133 e. The molecule has 1 aliphatic rings. The summed E-state index contributed by atoms with van der Waals surface area (Å²) in [5.74, 6) is 0.868. The highest BCUT2D eigenvalue weighted by Gasteiger charge is 2.39. The number of hydrogen-bond acceptors (Lipinski definition) is 1. The second-order valence-corrected chi connectivity index (χ2v) is 16.5. The Balaban J connectivity index is 0.981. The van der Waals surface area contributed by atoms with E-state index in [-0.39, 0.29) is 5.41 Å². The van der Waals surface area contributed by atoms with Gasteiger partial charge in [0, 0.05) is 11.0 Å². The molecule has 1 heterocycles. The van der Waals surface area contributed by atoms with Crippen LogP contribution in [0, 0.1) is 0 Å². The van der Waals surface area contributed by atoms with E-state index in [4.69, 9.17) is 4.42 Å². The summed E-state index contributed by atoms with van der Waals surface area (Å²) in [5.41, 5.74) is 18.4. The number of furan rings is 1. The van der Waals surface area contributed by atoms with Crippen molar-refractivity contribution in [2.45, 2.75) is 19.3 Å². The third-order valence-electron chi connectivity index (χ3n) is 12.6. The van der Waals surface area contributed by atoms with E-state index < -0.39 is 0 Å². The summed E-state index contributed by atoms with van der Waals surface area (Å²) >= 11 is 0. The molecule has 1 aromatic heterocycles. The van der Waals surface area contributed by atoms with Crippen LogP contribution >= 0.6 is 0 Å². The van der Waals surface area contributed by atoms with E-state index in [0.29, 0.717) is 0 Å². The molecular weight excluding hydrogens is 725 g/mol. The van der Waals surface area contributed by atoms with E-state index in [9.17, 15) is 0 Å². The molecule has 0 bridgehead atoms. The first-order chi connectivity index (χ1) is 29.5. The maximum atomic E-state index is 5.70. The molecule has 60 heavy (non-hydrogen) atoms. The Hall–Kier alpha value is -7.48. The van der Waals surface area contributed by atoms with Gasteiger partial charge in [0.1, 0.15) is 5.76 Å². The van der Waals surface area contributed by atoms with Crippen LogP contribution in [0.2, 0.25) is 0 Å². The standard InChI is InChI=1S/C59H42O/c1-59(2)55-37-48(32-34-51(55)57-53(43-14-7-4-8-15-43)38-54-49-17-10-9-16-44(49)31-33-50(54)58(57)59)42-21-19-39(20-22-42)36-52(46-27-29-47(30-28-46)56-18-11-35-60-56)45-25-23-41(24-26-45)40-12-5-3-6-13-40/h3-38H,1-2H3/b52-36+. The first-order valence-electron chi connectivity index (χ1n) is 20.8. The van der Waals surface area contributed by atoms with Crippen molar-refractivity contribution in [1.82, 2.24) is 0 Å². The smallest absolute Gasteiger partial charge is 0.133 e. The molecule has 0 N–H and O–H groups in total. The molecule has 0 saturated heterocycles. The molecular formula is C59H42O. The summed E-state index contributed by atoms with van der Waals surface area (Å²) in [4.78, 5) is 0. The van der Waals surface area contributed by atoms with Gasteiger partial charge in [-0.2, -0.15) is 0 Å². The molecule has 0 atom stereocenters. The highest BCUT2D eigenvalue weighted by molar-refractivity contribution is 6.14. The van der Waals surface area contributed by atoms with Crippen molar-refractivity contribution in [3.8, 4) is 55.8 Å². The second-order valence-electron chi connectivity index (χ2n) is 16.5. The summed E-state index contributed by atoms with van der Waals surface area (Å²) in [6.07, 6.45) is 4.03. The van der Waals surface area contributed by atoms with Gasteiger partial charge in [-0.3, -0.25) is 0 Å². The van der Waals surface area contributed by atoms with Crippen molar-refractivity contribution in [2.24, 2.45) is 0 Å². The Labute approximate surface area is 351 Å². The quantitative estimate of drug-likeness (QED) is 0.116. The Morgan fingerprint density at radius 1 is 0.433 bits per heavy atom. The van der Waals surface area contributed by atoms with Crippen LogP contribution in [0.15, 0.2) is 217 Å². The molecule has 0 aliphatic heterocycles. The van der Waals surface area contributed by atoms with E-state index >= 15 is 0 Å². The Morgan fingerprint density at radius 3 is 1.73 bits per heavy atom. The molecule has 0 saturated carbocycles. The zero-order valence-corrected chi connectivity index (χ0v) is 33.7. The van der Waals surface area contributed by atoms with Gasteiger partial charge in [0.25, 0.3) is 0 Å². The van der Waals surface area contributed by atoms with Gasteiger partial charge in [-0.05, 0) is 130 Å². The van der Waals surface area contributed by atoms with Crippen LogP contribution in [-0.4, -0.2) is 0 Å². The predicted octanol–water partition coefficient (Wildman–Crippen LogP) is 16.1. The van der Waals surface area contributed by atoms with Gasteiger partial charge in [0.2, 0.25) is 0 Å². The number of rotatable bonds is 7. The minimum Gasteiger partial charge on any atom is -0.464 e. The molecule has 1 aliphatic carbocycles. The summed E-state index contributed by atoms with van der Waals surface area (Å²) in [6, 6.07) is 75.1. The van der Waals surface area contributed by atoms with Crippen LogP contribution in [0.3, 0.4) is 0 Å². The molecule has 1 nitrogen and oxygen atoms in total. The first-order valence-corrected chi connectivity index (χ1v) is 20.8. The largest absolute Gasteiger partial charge is 0.464 e. The molecule has 0 amide bonds. The van der Waals surface area contributed by atoms with E-state index in [2.05, 4.69) is 214 Å². The summed E-state index contributed by atoms with van der Waals surface area (Å²) in [7, 11) is 0. The number of fused-ring (bicyclic) bond motifs is 7. The summed E-state index contributed by atoms with van der Waals surface area (Å²) < 4.78 is 5.70. The van der Waals surface area contributed by atoms with Gasteiger partial charge >= 0.3 is 0 Å². The molecule has 11 rings (SSSR count). The fourth-order valence-electron chi connectivity index (χ4n) is 9.52. The first kappa shape index (κ1) is 35.7. The Morgan fingerprint density at radius 2 is 1.03 bits per heavy atom. The molecule has 9 aromatic carbocycles. The van der Waals surface area contributed by atoms with Gasteiger partial charge in [0.05, 0.1) is 6.26 Å². The Kier molecular flexibility index (Phi) is 8.57. The van der Waals surface area contributed by atoms with Gasteiger partial charge in [-0.1, -0.05) is 196 Å². The van der Waals surface area contributed by atoms with E-state index in [1.165, 1.54) is 88.3 Å². The van der Waals surface area contributed by atoms with E-state index in [1.807, 2.05) is 12.1 Å². The highest BCUT2D eigenvalue weighted by Crippen LogP contribution is 2.56. The average Bonchev–Trinajstić information content (AvgIpc) is 3.94. The van der Waals surface area contributed by atoms with Crippen LogP contribution < -0.4 is 0 Å². The third kappa shape index (κ3) is 6.10. The lowest BCUT2D eigenvalue weighted by Crippen LogP contribution is -2.15. The van der Waals surface area contributed by atoms with Crippen molar-refractivity contribution >= 4 is 33.2 Å². The topological polar surface area (TPSA) is 13.1 Å². The average molecular weight is 767 g/mol. The SMILES string of the molecule is CC1(C)c2cc(-c3ccc(/C=C(\c4ccc(-c5ccccc5)cc4)c4ccc(-c5ccco5)cc4)cc3)ccc2-c2c(-c3ccccc3)cc3c(ccc4ccccc43)c21. The molecule has 284 valence electrons. The lowest BCUT2D eigenvalue weighted by atomic mass is 9.78. The lowest BCUT2D eigenvalue weighted by Gasteiger charge is -2.25. The van der Waals surface area contributed by atoms with Crippen LogP contribution in [0.25, 0.3) is 89.0 Å². The van der Waals surface area contributed by atoms with Gasteiger partial charge < -0.3 is 4.42 Å². The predicted molar refractivity (Wildman–Crippen MR) is 253 cm³/mol. The van der Waals surface area contributed by atoms with Crippen molar-refractivity contribution in [3.63, 3.8) is 0 Å². The normalized spacial score (nSPS) is 13.1. The highest BCUT2D eigenvalue weighted by atomic mass is 16.3. The minimum atomic E-state index is -0.202. The Bertz CT molecular complexity index is 3200. The number of benzene rings is 9. The van der Waals surface area contributed by atoms with Crippen LogP contribution in [0.1, 0.15) is 41.7 Å². The molecule has 10 aromatic rings. The molecule has 0 unspecified atom stereocenters. The van der Waals surface area contributed by atoms with E-state index in [0.717, 1.165) is 22.5 Å². The van der Waals surface area contributed by atoms with Crippen molar-refractivity contribution in [3.05, 3.63) is 240 Å². The molecule has 0 fully saturated rings. The maximum absolute atomic E-state index is 5.70. The van der Waals surface area contributed by atoms with Gasteiger partial charge in [-0.25, -0.2) is 0 Å². The summed E-state index contributed by atoms with van der Waals surface area (Å²) in [5, 5.41) is 5.22. The fraction of sp³-hybridized carbons (Fsp3) is 0.0508. The van der Waals surface area contributed by atoms with Gasteiger partial charge in [0.15, 0.2) is 0 Å². The summed E-state index contributed by atoms with van der Waals surface area (Å²) in [6.45, 7) is 4.82. The van der Waals surface area contributed by atoms with Crippen molar-refractivity contribution < 1.29 is 4.42 Å². The second kappa shape index (κ2) is 14.4. The van der Waals surface area contributed by atoms with Crippen molar-refractivity contribution in [2.75, 3.05) is 0 Å². The van der Waals surface area contributed by atoms with Crippen molar-refractivity contribution in [1.29, 1.82) is 0 Å². The zero-order chi connectivity index (χ0) is 40.2. The molecule has 0 radical (unpaired) electrons. The lowest BCUT2D eigenvalue weighted by molar-refractivity contribution is 0.582. The van der Waals surface area contributed by atoms with Crippen LogP contribution in [0.5, 0.6) is 0 Å². The third-order valence-corrected chi connectivity index (χ3v) is 12.6. The van der Waals surface area contributed by atoms with E-state index in [1.54, 1.807) is 6.26 Å². The monoisotopic (exact) mass is 766 g/mol.